The van der Waals surface area contributed by atoms with Crippen LogP contribution in [0.1, 0.15) is 53.5 Å². The van der Waals surface area contributed by atoms with Gasteiger partial charge in [0.15, 0.2) is 0 Å². The van der Waals surface area contributed by atoms with Crippen molar-refractivity contribution in [2.24, 2.45) is 0 Å². The van der Waals surface area contributed by atoms with Gasteiger partial charge < -0.3 is 4.43 Å². The molecule has 3 rings (SSSR count). The highest BCUT2D eigenvalue weighted by molar-refractivity contribution is 7.84. The molecule has 5 heteroatoms. The van der Waals surface area contributed by atoms with E-state index in [9.17, 15) is 4.21 Å². The second-order valence-electron chi connectivity index (χ2n) is 11.7. The molecular formula is C34H43NO2SSi. The van der Waals surface area contributed by atoms with Gasteiger partial charge in [-0.15, -0.1) is 6.58 Å². The Morgan fingerprint density at radius 1 is 0.872 bits per heavy atom. The Bertz CT molecular complexity index is 1230. The van der Waals surface area contributed by atoms with Crippen molar-refractivity contribution < 1.29 is 8.63 Å². The van der Waals surface area contributed by atoms with Gasteiger partial charge in [-0.2, -0.15) is 0 Å². The van der Waals surface area contributed by atoms with Gasteiger partial charge in [-0.25, -0.2) is 8.51 Å². The van der Waals surface area contributed by atoms with E-state index in [2.05, 4.69) is 99.9 Å². The molecule has 0 unspecified atom stereocenters. The molecule has 39 heavy (non-hydrogen) atoms. The van der Waals surface area contributed by atoms with Crippen LogP contribution in [0.2, 0.25) is 5.04 Å². The summed E-state index contributed by atoms with van der Waals surface area (Å²) in [7, 11) is -3.94. The average Bonchev–Trinajstić information content (AvgIpc) is 2.91. The molecule has 3 nitrogen and oxygen atoms in total. The van der Waals surface area contributed by atoms with Crippen LogP contribution in [0.3, 0.4) is 0 Å². The molecule has 3 aromatic carbocycles. The lowest BCUT2D eigenvalue weighted by Gasteiger charge is -2.43. The van der Waals surface area contributed by atoms with Crippen molar-refractivity contribution in [2.75, 3.05) is 13.2 Å². The van der Waals surface area contributed by atoms with Crippen molar-refractivity contribution in [1.29, 1.82) is 0 Å². The van der Waals surface area contributed by atoms with Gasteiger partial charge >= 0.3 is 0 Å². The molecule has 2 atom stereocenters. The second kappa shape index (κ2) is 13.5. The molecular weight excluding hydrogens is 515 g/mol. The molecule has 0 heterocycles. The zero-order chi connectivity index (χ0) is 28.5. The van der Waals surface area contributed by atoms with Gasteiger partial charge in [-0.3, -0.25) is 0 Å². The van der Waals surface area contributed by atoms with Crippen LogP contribution in [0, 0.1) is 11.8 Å². The SMILES string of the molecule is C=CCN([C@@H](C#Cc1ccccc1)CCO[Si](c1ccccc1)(c1ccccc1)C(C)(C)C)[S@](=O)C(C)(C)C. The van der Waals surface area contributed by atoms with Gasteiger partial charge in [0.1, 0.15) is 11.0 Å². The Balaban J connectivity index is 2.02. The fourth-order valence-corrected chi connectivity index (χ4v) is 10.8. The molecule has 0 aromatic heterocycles. The molecule has 0 fully saturated rings. The number of hydrogen-bond donors (Lipinski definition) is 0. The first kappa shape index (κ1) is 30.8. The Morgan fingerprint density at radius 3 is 1.79 bits per heavy atom. The molecule has 0 saturated carbocycles. The van der Waals surface area contributed by atoms with Crippen LogP contribution in [0.15, 0.2) is 104 Å². The van der Waals surface area contributed by atoms with Crippen molar-refractivity contribution >= 4 is 29.7 Å². The van der Waals surface area contributed by atoms with Crippen molar-refractivity contribution in [3.8, 4) is 11.8 Å². The molecule has 0 amide bonds. The monoisotopic (exact) mass is 557 g/mol. The van der Waals surface area contributed by atoms with E-state index in [1.165, 1.54) is 10.4 Å². The minimum absolute atomic E-state index is 0.115. The Labute approximate surface area is 240 Å². The molecule has 3 aromatic rings. The van der Waals surface area contributed by atoms with Crippen LogP contribution in [0.25, 0.3) is 0 Å². The van der Waals surface area contributed by atoms with E-state index in [-0.39, 0.29) is 11.1 Å². The zero-order valence-electron chi connectivity index (χ0n) is 24.3. The van der Waals surface area contributed by atoms with E-state index in [0.29, 0.717) is 19.6 Å². The maximum Gasteiger partial charge on any atom is 0.261 e. The molecule has 206 valence electrons. The third kappa shape index (κ3) is 7.68. The van der Waals surface area contributed by atoms with Gasteiger partial charge in [0.2, 0.25) is 0 Å². The topological polar surface area (TPSA) is 29.5 Å². The summed E-state index contributed by atoms with van der Waals surface area (Å²) >= 11 is 0. The van der Waals surface area contributed by atoms with E-state index in [1.54, 1.807) is 0 Å². The Hall–Kier alpha value is -2.75. The van der Waals surface area contributed by atoms with Gasteiger partial charge in [-0.1, -0.05) is 118 Å². The highest BCUT2D eigenvalue weighted by atomic mass is 32.2. The van der Waals surface area contributed by atoms with Crippen molar-refractivity contribution in [3.05, 3.63) is 109 Å². The predicted molar refractivity (Wildman–Crippen MR) is 170 cm³/mol. The molecule has 0 spiro atoms. The summed E-state index contributed by atoms with van der Waals surface area (Å²) in [6, 6.07) is 31.0. The van der Waals surface area contributed by atoms with Gasteiger partial charge in [0.05, 0.1) is 10.8 Å². The number of benzene rings is 3. The largest absolute Gasteiger partial charge is 0.407 e. The zero-order valence-corrected chi connectivity index (χ0v) is 26.1. The summed E-state index contributed by atoms with van der Waals surface area (Å²) in [4.78, 5) is 0. The van der Waals surface area contributed by atoms with Crippen LogP contribution in [-0.2, 0) is 15.4 Å². The van der Waals surface area contributed by atoms with Crippen LogP contribution in [0.4, 0.5) is 0 Å². The average molecular weight is 558 g/mol. The van der Waals surface area contributed by atoms with Crippen molar-refractivity contribution in [3.63, 3.8) is 0 Å². The van der Waals surface area contributed by atoms with Crippen LogP contribution >= 0.6 is 0 Å². The lowest BCUT2D eigenvalue weighted by Crippen LogP contribution is -2.66. The lowest BCUT2D eigenvalue weighted by atomic mass is 10.1. The van der Waals surface area contributed by atoms with Crippen LogP contribution in [-0.4, -0.2) is 40.8 Å². The fraction of sp³-hybridized carbons (Fsp3) is 0.353. The van der Waals surface area contributed by atoms with E-state index in [1.807, 2.05) is 61.5 Å². The Morgan fingerprint density at radius 2 is 1.36 bits per heavy atom. The summed E-state index contributed by atoms with van der Waals surface area (Å²) < 4.78 is 22.4. The minimum atomic E-state index is -2.68. The summed E-state index contributed by atoms with van der Waals surface area (Å²) in [5, 5.41) is 2.38. The first-order valence-corrected chi connectivity index (χ1v) is 16.6. The second-order valence-corrected chi connectivity index (χ2v) is 18.2. The van der Waals surface area contributed by atoms with E-state index >= 15 is 0 Å². The third-order valence-electron chi connectivity index (χ3n) is 6.68. The quantitative estimate of drug-likeness (QED) is 0.166. The maximum absolute atomic E-state index is 13.7. The smallest absolute Gasteiger partial charge is 0.261 e. The lowest BCUT2D eigenvalue weighted by molar-refractivity contribution is 0.262. The van der Waals surface area contributed by atoms with Gasteiger partial charge in [-0.05, 0) is 54.7 Å². The Kier molecular flexibility index (Phi) is 10.7. The summed E-state index contributed by atoms with van der Waals surface area (Å²) in [6.45, 7) is 17.8. The highest BCUT2D eigenvalue weighted by Crippen LogP contribution is 2.37. The standard InChI is InChI=1S/C34H43NO2SSi/c1-8-27-35(38(36)33(2,3)4)30(25-24-29-18-12-9-13-19-29)26-28-37-39(34(5,6)7,31-20-14-10-15-21-31)32-22-16-11-17-23-32/h8-23,30H,1,26-28H2,2-7H3/t30-,38+/m0/s1. The number of hydrogen-bond acceptors (Lipinski definition) is 2. The highest BCUT2D eigenvalue weighted by Gasteiger charge is 2.50. The van der Waals surface area contributed by atoms with E-state index < -0.39 is 24.1 Å². The molecule has 0 radical (unpaired) electrons. The van der Waals surface area contributed by atoms with E-state index in [0.717, 1.165) is 5.56 Å². The predicted octanol–water partition coefficient (Wildman–Crippen LogP) is 6.32. The fourth-order valence-electron chi connectivity index (χ4n) is 4.85. The molecule has 0 bridgehead atoms. The van der Waals surface area contributed by atoms with Gasteiger partial charge in [0, 0.05) is 18.7 Å². The first-order valence-electron chi connectivity index (χ1n) is 13.6. The number of rotatable bonds is 10. The molecule has 0 N–H and O–H groups in total. The minimum Gasteiger partial charge on any atom is -0.407 e. The summed E-state index contributed by atoms with van der Waals surface area (Å²) in [5.41, 5.74) is 0.940. The maximum atomic E-state index is 13.7. The molecule has 0 saturated heterocycles. The summed E-state index contributed by atoms with van der Waals surface area (Å²) in [6.07, 6.45) is 2.43. The van der Waals surface area contributed by atoms with Crippen molar-refractivity contribution in [1.82, 2.24) is 4.31 Å². The summed E-state index contributed by atoms with van der Waals surface area (Å²) in [5.74, 6) is 6.78. The van der Waals surface area contributed by atoms with Crippen LogP contribution in [0.5, 0.6) is 0 Å². The molecule has 0 aliphatic carbocycles. The van der Waals surface area contributed by atoms with E-state index in [4.69, 9.17) is 4.43 Å². The third-order valence-corrected chi connectivity index (χ3v) is 13.6. The molecule has 0 aliphatic heterocycles. The first-order chi connectivity index (χ1) is 18.5. The van der Waals surface area contributed by atoms with Crippen molar-refractivity contribution in [2.45, 2.75) is 63.8 Å². The van der Waals surface area contributed by atoms with Gasteiger partial charge in [0.25, 0.3) is 8.32 Å². The molecule has 0 aliphatic rings. The number of nitrogens with zero attached hydrogens (tertiary/aromatic N) is 1. The normalized spacial score (nSPS) is 13.8. The van der Waals surface area contributed by atoms with Crippen LogP contribution < -0.4 is 10.4 Å².